The Balaban J connectivity index is 0.000000213. The minimum Gasteiger partial charge on any atom is -0.382 e. The summed E-state index contributed by atoms with van der Waals surface area (Å²) in [5.74, 6) is 0.433. The van der Waals surface area contributed by atoms with Crippen molar-refractivity contribution < 1.29 is 0 Å². The lowest BCUT2D eigenvalue weighted by Gasteiger charge is -1.89. The third kappa shape index (κ3) is 2.52. The Kier molecular flexibility index (Phi) is 3.13. The lowest BCUT2D eigenvalue weighted by Crippen LogP contribution is -2.18. The fourth-order valence-corrected chi connectivity index (χ4v) is 0.784. The van der Waals surface area contributed by atoms with Crippen molar-refractivity contribution in [3.8, 4) is 0 Å². The molecule has 0 spiro atoms. The average molecular weight is 211 g/mol. The standard InChI is InChI=1S/C5H5N5.CH4N2S/c6-4-3-5(9-1-7-3)10-2-8-4;2-1(3)4/h1-2H,(H3,6,7,8,9,10);(H4,2,3,4). The van der Waals surface area contributed by atoms with E-state index in [1.165, 1.54) is 12.7 Å². The number of nitrogens with one attached hydrogen (secondary N) is 1. The van der Waals surface area contributed by atoms with E-state index < -0.39 is 0 Å². The predicted molar refractivity (Wildman–Crippen MR) is 57.1 cm³/mol. The van der Waals surface area contributed by atoms with Crippen LogP contribution in [0.2, 0.25) is 0 Å². The third-order valence-electron chi connectivity index (χ3n) is 1.25. The molecular weight excluding hydrogens is 202 g/mol. The molecule has 2 aromatic rings. The average Bonchev–Trinajstić information content (AvgIpc) is 2.52. The van der Waals surface area contributed by atoms with E-state index in [0.717, 1.165) is 0 Å². The van der Waals surface area contributed by atoms with Gasteiger partial charge in [-0.3, -0.25) is 0 Å². The van der Waals surface area contributed by atoms with E-state index in [-0.39, 0.29) is 5.11 Å². The van der Waals surface area contributed by atoms with Crippen LogP contribution >= 0.6 is 12.2 Å². The highest BCUT2D eigenvalue weighted by Crippen LogP contribution is 2.09. The second kappa shape index (κ2) is 4.33. The summed E-state index contributed by atoms with van der Waals surface area (Å²) in [4.78, 5) is 14.4. The molecule has 2 aromatic heterocycles. The number of nitrogens with zero attached hydrogens (tertiary/aromatic N) is 3. The Morgan fingerprint density at radius 3 is 2.50 bits per heavy atom. The van der Waals surface area contributed by atoms with Crippen molar-refractivity contribution in [3.63, 3.8) is 0 Å². The Labute approximate surface area is 84.7 Å². The molecule has 8 heteroatoms. The molecule has 0 aliphatic rings. The van der Waals surface area contributed by atoms with Gasteiger partial charge >= 0.3 is 0 Å². The van der Waals surface area contributed by atoms with Crippen LogP contribution in [0.4, 0.5) is 5.82 Å². The Hall–Kier alpha value is -1.96. The summed E-state index contributed by atoms with van der Waals surface area (Å²) in [7, 11) is 0. The third-order valence-corrected chi connectivity index (χ3v) is 1.25. The van der Waals surface area contributed by atoms with Crippen LogP contribution in [0, 0.1) is 0 Å². The van der Waals surface area contributed by atoms with Crippen molar-refractivity contribution in [1.82, 2.24) is 19.9 Å². The van der Waals surface area contributed by atoms with E-state index in [4.69, 9.17) is 5.73 Å². The molecule has 2 heterocycles. The SMILES string of the molecule is NC(N)=S.Nc1ncnc2nc[nH]c12. The van der Waals surface area contributed by atoms with Gasteiger partial charge in [0.2, 0.25) is 0 Å². The summed E-state index contributed by atoms with van der Waals surface area (Å²) in [6, 6.07) is 0. The van der Waals surface area contributed by atoms with Crippen molar-refractivity contribution in [2.24, 2.45) is 11.5 Å². The van der Waals surface area contributed by atoms with E-state index >= 15 is 0 Å². The van der Waals surface area contributed by atoms with Crippen LogP contribution in [-0.2, 0) is 0 Å². The minimum absolute atomic E-state index is 0.000000000000000222. The molecule has 2 rings (SSSR count). The summed E-state index contributed by atoms with van der Waals surface area (Å²) in [5, 5.41) is 0.000000000000000222. The van der Waals surface area contributed by atoms with Crippen molar-refractivity contribution in [2.45, 2.75) is 0 Å². The molecule has 0 bridgehead atoms. The lowest BCUT2D eigenvalue weighted by atomic mass is 10.5. The number of hydrogen-bond acceptors (Lipinski definition) is 5. The lowest BCUT2D eigenvalue weighted by molar-refractivity contribution is 1.21. The molecule has 7 N–H and O–H groups in total. The summed E-state index contributed by atoms with van der Waals surface area (Å²) >= 11 is 4.09. The van der Waals surface area contributed by atoms with Gasteiger partial charge in [-0.05, 0) is 12.2 Å². The zero-order valence-electron chi connectivity index (χ0n) is 7.14. The van der Waals surface area contributed by atoms with Crippen LogP contribution in [0.3, 0.4) is 0 Å². The first-order valence-electron chi connectivity index (χ1n) is 3.55. The Bertz CT molecular complexity index is 432. The van der Waals surface area contributed by atoms with Crippen LogP contribution in [-0.4, -0.2) is 25.0 Å². The van der Waals surface area contributed by atoms with Gasteiger partial charge in [-0.25, -0.2) is 15.0 Å². The summed E-state index contributed by atoms with van der Waals surface area (Å²) in [5.41, 5.74) is 16.0. The van der Waals surface area contributed by atoms with Gasteiger partial charge in [0.05, 0.1) is 6.33 Å². The summed E-state index contributed by atoms with van der Waals surface area (Å²) in [6.45, 7) is 0. The monoisotopic (exact) mass is 211 g/mol. The van der Waals surface area contributed by atoms with E-state index in [9.17, 15) is 0 Å². The highest BCUT2D eigenvalue weighted by molar-refractivity contribution is 7.80. The molecule has 14 heavy (non-hydrogen) atoms. The zero-order valence-corrected chi connectivity index (χ0v) is 7.95. The second-order valence-corrected chi connectivity index (χ2v) is 2.73. The highest BCUT2D eigenvalue weighted by Gasteiger charge is 1.99. The number of thiocarbonyl (C=S) groups is 1. The molecule has 0 amide bonds. The molecular formula is C6H9N7S. The number of nitrogens with two attached hydrogens (primary N) is 3. The fourth-order valence-electron chi connectivity index (χ4n) is 0.784. The number of rotatable bonds is 0. The van der Waals surface area contributed by atoms with Gasteiger partial charge in [0.25, 0.3) is 0 Å². The zero-order chi connectivity index (χ0) is 10.6. The first-order valence-corrected chi connectivity index (χ1v) is 3.96. The van der Waals surface area contributed by atoms with Gasteiger partial charge < -0.3 is 22.2 Å². The number of H-pyrrole nitrogens is 1. The van der Waals surface area contributed by atoms with Crippen LogP contribution in [0.1, 0.15) is 0 Å². The highest BCUT2D eigenvalue weighted by atomic mass is 32.1. The Morgan fingerprint density at radius 1 is 1.29 bits per heavy atom. The van der Waals surface area contributed by atoms with Crippen LogP contribution in [0.5, 0.6) is 0 Å². The van der Waals surface area contributed by atoms with Crippen LogP contribution < -0.4 is 17.2 Å². The molecule has 0 aliphatic heterocycles. The summed E-state index contributed by atoms with van der Waals surface area (Å²) < 4.78 is 0. The molecule has 0 unspecified atom stereocenters. The molecule has 0 aliphatic carbocycles. The van der Waals surface area contributed by atoms with Crippen molar-refractivity contribution in [3.05, 3.63) is 12.7 Å². The first-order chi connectivity index (χ1) is 6.61. The molecule has 0 saturated heterocycles. The number of hydrogen-bond donors (Lipinski definition) is 4. The maximum absolute atomic E-state index is 5.48. The van der Waals surface area contributed by atoms with Gasteiger partial charge in [0.15, 0.2) is 16.6 Å². The molecule has 0 aromatic carbocycles. The van der Waals surface area contributed by atoms with E-state index in [1.54, 1.807) is 0 Å². The van der Waals surface area contributed by atoms with Gasteiger partial charge in [-0.2, -0.15) is 0 Å². The smallest absolute Gasteiger partial charge is 0.182 e. The van der Waals surface area contributed by atoms with Crippen LogP contribution in [0.15, 0.2) is 12.7 Å². The number of aromatic nitrogens is 4. The van der Waals surface area contributed by atoms with Crippen molar-refractivity contribution >= 4 is 34.3 Å². The second-order valence-electron chi connectivity index (χ2n) is 2.26. The van der Waals surface area contributed by atoms with E-state index in [1.807, 2.05) is 0 Å². The number of imidazole rings is 1. The molecule has 0 radical (unpaired) electrons. The van der Waals surface area contributed by atoms with Crippen LogP contribution in [0.25, 0.3) is 11.2 Å². The molecule has 74 valence electrons. The maximum atomic E-state index is 5.48. The topological polar surface area (TPSA) is 133 Å². The molecule has 0 saturated carbocycles. The van der Waals surface area contributed by atoms with E-state index in [0.29, 0.717) is 17.0 Å². The molecule has 0 fully saturated rings. The van der Waals surface area contributed by atoms with E-state index in [2.05, 4.69) is 43.6 Å². The van der Waals surface area contributed by atoms with Gasteiger partial charge in [-0.1, -0.05) is 0 Å². The van der Waals surface area contributed by atoms with Crippen molar-refractivity contribution in [1.29, 1.82) is 0 Å². The molecule has 0 atom stereocenters. The van der Waals surface area contributed by atoms with Crippen molar-refractivity contribution in [2.75, 3.05) is 5.73 Å². The largest absolute Gasteiger partial charge is 0.382 e. The number of nitrogen functional groups attached to an aromatic ring is 1. The molecule has 7 nitrogen and oxygen atoms in total. The fraction of sp³-hybridized carbons (Fsp3) is 0. The number of anilines is 1. The summed E-state index contributed by atoms with van der Waals surface area (Å²) in [6.07, 6.45) is 2.92. The number of aromatic amines is 1. The maximum Gasteiger partial charge on any atom is 0.182 e. The Morgan fingerprint density at radius 2 is 1.93 bits per heavy atom. The van der Waals surface area contributed by atoms with Gasteiger partial charge in [-0.15, -0.1) is 0 Å². The minimum atomic E-state index is 0.000000000000000222. The first kappa shape index (κ1) is 10.1. The van der Waals surface area contributed by atoms with Gasteiger partial charge in [0.1, 0.15) is 11.8 Å². The number of fused-ring (bicyclic) bond motifs is 1. The predicted octanol–water partition coefficient (Wildman–Crippen LogP) is -0.876. The normalized spacial score (nSPS) is 9.14. The quantitative estimate of drug-likeness (QED) is 0.416. The van der Waals surface area contributed by atoms with Gasteiger partial charge in [0, 0.05) is 0 Å².